The van der Waals surface area contributed by atoms with Gasteiger partial charge < -0.3 is 10.0 Å². The van der Waals surface area contributed by atoms with Crippen molar-refractivity contribution in [1.29, 1.82) is 0 Å². The lowest BCUT2D eigenvalue weighted by atomic mass is 9.81. The van der Waals surface area contributed by atoms with E-state index in [0.29, 0.717) is 31.0 Å². The van der Waals surface area contributed by atoms with Crippen LogP contribution in [0.15, 0.2) is 0 Å². The van der Waals surface area contributed by atoms with Gasteiger partial charge in [0.1, 0.15) is 5.69 Å². The van der Waals surface area contributed by atoms with E-state index in [2.05, 4.69) is 5.10 Å². The molecule has 0 unspecified atom stereocenters. The lowest BCUT2D eigenvalue weighted by molar-refractivity contribution is -0.384. The van der Waals surface area contributed by atoms with Gasteiger partial charge >= 0.3 is 11.7 Å². The number of aryl methyl sites for hydroxylation is 2. The van der Waals surface area contributed by atoms with Gasteiger partial charge in [0.25, 0.3) is 0 Å². The molecule has 1 N–H and O–H groups in total. The highest BCUT2D eigenvalue weighted by Gasteiger charge is 2.56. The van der Waals surface area contributed by atoms with Crippen molar-refractivity contribution in [2.45, 2.75) is 26.2 Å². The molecule has 2 heterocycles. The molecule has 0 bridgehead atoms. The van der Waals surface area contributed by atoms with Crippen LogP contribution in [0.1, 0.15) is 25.0 Å². The quantitative estimate of drug-likeness (QED) is 0.666. The third-order valence-electron chi connectivity index (χ3n) is 4.94. The molecule has 8 heteroatoms. The molecular formula is C13H18N4O4. The van der Waals surface area contributed by atoms with E-state index in [1.54, 1.807) is 14.0 Å². The Hall–Kier alpha value is -2.12. The van der Waals surface area contributed by atoms with E-state index < -0.39 is 16.3 Å². The second kappa shape index (κ2) is 4.44. The summed E-state index contributed by atoms with van der Waals surface area (Å²) in [5.41, 5.74) is -0.413. The highest BCUT2D eigenvalue weighted by molar-refractivity contribution is 5.78. The lowest BCUT2D eigenvalue weighted by Gasteiger charge is -2.23. The Bertz CT molecular complexity index is 626. The Balaban J connectivity index is 2.01. The van der Waals surface area contributed by atoms with Gasteiger partial charge in [-0.3, -0.25) is 14.9 Å². The molecule has 2 fully saturated rings. The number of rotatable bonds is 3. The summed E-state index contributed by atoms with van der Waals surface area (Å²) < 4.78 is 1.49. The molecule has 1 saturated carbocycles. The summed E-state index contributed by atoms with van der Waals surface area (Å²) in [6.45, 7) is 2.48. The van der Waals surface area contributed by atoms with Gasteiger partial charge in [-0.1, -0.05) is 6.42 Å². The number of hydrogen-bond acceptors (Lipinski definition) is 5. The van der Waals surface area contributed by atoms with E-state index >= 15 is 0 Å². The maximum Gasteiger partial charge on any atom is 0.333 e. The molecule has 1 aliphatic carbocycles. The van der Waals surface area contributed by atoms with Crippen molar-refractivity contribution in [3.63, 3.8) is 0 Å². The van der Waals surface area contributed by atoms with E-state index in [1.165, 1.54) is 4.68 Å². The summed E-state index contributed by atoms with van der Waals surface area (Å²) in [5.74, 6) is -0.300. The molecule has 1 aliphatic heterocycles. The Morgan fingerprint density at radius 3 is 2.86 bits per heavy atom. The summed E-state index contributed by atoms with van der Waals surface area (Å²) >= 11 is 0. The van der Waals surface area contributed by atoms with Gasteiger partial charge in [-0.25, -0.2) is 4.68 Å². The minimum absolute atomic E-state index is 0.0157. The van der Waals surface area contributed by atoms with E-state index in [0.717, 1.165) is 12.8 Å². The van der Waals surface area contributed by atoms with Crippen LogP contribution in [0.5, 0.6) is 0 Å². The lowest BCUT2D eigenvalue weighted by Crippen LogP contribution is -2.36. The van der Waals surface area contributed by atoms with Crippen molar-refractivity contribution in [3.05, 3.63) is 15.8 Å². The van der Waals surface area contributed by atoms with Crippen molar-refractivity contribution < 1.29 is 14.8 Å². The summed E-state index contributed by atoms with van der Waals surface area (Å²) in [5, 5.41) is 25.0. The van der Waals surface area contributed by atoms with Gasteiger partial charge in [-0.2, -0.15) is 5.10 Å². The maximum atomic E-state index is 11.7. The van der Waals surface area contributed by atoms with E-state index in [-0.39, 0.29) is 11.6 Å². The molecule has 0 spiro atoms. The maximum absolute atomic E-state index is 11.7. The van der Waals surface area contributed by atoms with Crippen LogP contribution in [0.25, 0.3) is 0 Å². The fraction of sp³-hybridized carbons (Fsp3) is 0.692. The number of aromatic nitrogens is 2. The SMILES string of the molecule is Cc1nn(C)c(N2C[C@@H]3CCC[C@@]3(C(=O)O)C2)c1[N+](=O)[O-]. The van der Waals surface area contributed by atoms with Crippen molar-refractivity contribution in [2.24, 2.45) is 18.4 Å². The Kier molecular flexibility index (Phi) is 2.93. The zero-order valence-corrected chi connectivity index (χ0v) is 12.1. The first kappa shape index (κ1) is 13.8. The topological polar surface area (TPSA) is 102 Å². The van der Waals surface area contributed by atoms with Crippen LogP contribution in [0.4, 0.5) is 11.5 Å². The summed E-state index contributed by atoms with van der Waals surface area (Å²) in [6.07, 6.45) is 2.43. The van der Waals surface area contributed by atoms with Gasteiger partial charge in [0.15, 0.2) is 0 Å². The smallest absolute Gasteiger partial charge is 0.333 e. The standard InChI is InChI=1S/C13H18N4O4/c1-8-10(17(20)21)11(15(2)14-8)16-6-9-4-3-5-13(9,7-16)12(18)19/h9H,3-7H2,1-2H3,(H,18,19)/t9-,13+/m0/s1. The second-order valence-electron chi connectivity index (χ2n) is 6.07. The molecule has 8 nitrogen and oxygen atoms in total. The number of fused-ring (bicyclic) bond motifs is 1. The second-order valence-corrected chi connectivity index (χ2v) is 6.07. The molecule has 21 heavy (non-hydrogen) atoms. The van der Waals surface area contributed by atoms with Crippen LogP contribution >= 0.6 is 0 Å². The van der Waals surface area contributed by atoms with Gasteiger partial charge in [-0.05, 0) is 25.7 Å². The van der Waals surface area contributed by atoms with Crippen LogP contribution in [-0.2, 0) is 11.8 Å². The number of carbonyl (C=O) groups is 1. The van der Waals surface area contributed by atoms with Crippen molar-refractivity contribution in [1.82, 2.24) is 9.78 Å². The normalized spacial score (nSPS) is 27.9. The summed E-state index contributed by atoms with van der Waals surface area (Å²) in [6, 6.07) is 0. The number of nitrogens with zero attached hydrogens (tertiary/aromatic N) is 4. The van der Waals surface area contributed by atoms with E-state index in [9.17, 15) is 20.0 Å². The molecule has 3 rings (SSSR count). The number of anilines is 1. The number of aliphatic carboxylic acids is 1. The third-order valence-corrected chi connectivity index (χ3v) is 4.94. The molecule has 1 aromatic heterocycles. The molecule has 2 atom stereocenters. The number of nitro groups is 1. The highest BCUT2D eigenvalue weighted by atomic mass is 16.6. The Labute approximate surface area is 121 Å². The summed E-state index contributed by atoms with van der Waals surface area (Å²) in [7, 11) is 1.66. The van der Waals surface area contributed by atoms with Crippen molar-refractivity contribution in [2.75, 3.05) is 18.0 Å². The zero-order valence-electron chi connectivity index (χ0n) is 12.1. The fourth-order valence-electron chi connectivity index (χ4n) is 4.00. The van der Waals surface area contributed by atoms with Crippen molar-refractivity contribution >= 4 is 17.5 Å². The number of carboxylic acid groups (broad SMARTS) is 1. The fourth-order valence-corrected chi connectivity index (χ4v) is 4.00. The monoisotopic (exact) mass is 294 g/mol. The molecule has 1 aromatic rings. The molecule has 0 aromatic carbocycles. The molecular weight excluding hydrogens is 276 g/mol. The summed E-state index contributed by atoms with van der Waals surface area (Å²) in [4.78, 5) is 24.4. The zero-order chi connectivity index (χ0) is 15.4. The third kappa shape index (κ3) is 1.81. The van der Waals surface area contributed by atoms with E-state index in [4.69, 9.17) is 0 Å². The molecule has 2 aliphatic rings. The predicted molar refractivity (Wildman–Crippen MR) is 74.2 cm³/mol. The minimum Gasteiger partial charge on any atom is -0.481 e. The molecule has 0 amide bonds. The predicted octanol–water partition coefficient (Wildman–Crippen LogP) is 1.33. The molecule has 114 valence electrons. The van der Waals surface area contributed by atoms with E-state index in [1.807, 2.05) is 4.90 Å². The Morgan fingerprint density at radius 2 is 2.29 bits per heavy atom. The molecule has 1 saturated heterocycles. The first-order valence-electron chi connectivity index (χ1n) is 7.03. The van der Waals surface area contributed by atoms with Crippen LogP contribution < -0.4 is 4.90 Å². The first-order chi connectivity index (χ1) is 9.86. The van der Waals surface area contributed by atoms with Crippen LogP contribution in [0.3, 0.4) is 0 Å². The molecule has 0 radical (unpaired) electrons. The van der Waals surface area contributed by atoms with Gasteiger partial charge in [0, 0.05) is 20.1 Å². The van der Waals surface area contributed by atoms with Crippen molar-refractivity contribution in [3.8, 4) is 0 Å². The number of hydrogen-bond donors (Lipinski definition) is 1. The minimum atomic E-state index is -0.783. The van der Waals surface area contributed by atoms with Crippen LogP contribution in [0.2, 0.25) is 0 Å². The van der Waals surface area contributed by atoms with Gasteiger partial charge in [-0.15, -0.1) is 0 Å². The number of carboxylic acids is 1. The van der Waals surface area contributed by atoms with Gasteiger partial charge in [0.05, 0.1) is 10.3 Å². The largest absolute Gasteiger partial charge is 0.481 e. The average molecular weight is 294 g/mol. The van der Waals surface area contributed by atoms with Crippen LogP contribution in [-0.4, -0.2) is 38.9 Å². The Morgan fingerprint density at radius 1 is 1.57 bits per heavy atom. The van der Waals surface area contributed by atoms with Crippen LogP contribution in [0, 0.1) is 28.4 Å². The average Bonchev–Trinajstić information content (AvgIpc) is 2.98. The van der Waals surface area contributed by atoms with Gasteiger partial charge in [0.2, 0.25) is 5.82 Å². The highest BCUT2D eigenvalue weighted by Crippen LogP contribution is 2.51. The first-order valence-corrected chi connectivity index (χ1v) is 7.03.